The van der Waals surface area contributed by atoms with E-state index in [4.69, 9.17) is 16.6 Å². The van der Waals surface area contributed by atoms with Gasteiger partial charge in [-0.05, 0) is 64.7 Å². The molecule has 1 amide bonds. The van der Waals surface area contributed by atoms with Gasteiger partial charge >= 0.3 is 0 Å². The summed E-state index contributed by atoms with van der Waals surface area (Å²) in [5.74, 6) is -0.0993. The predicted molar refractivity (Wildman–Crippen MR) is 124 cm³/mol. The van der Waals surface area contributed by atoms with Gasteiger partial charge in [-0.2, -0.15) is 0 Å². The van der Waals surface area contributed by atoms with Crippen LogP contribution < -0.4 is 4.90 Å². The van der Waals surface area contributed by atoms with Gasteiger partial charge in [0.1, 0.15) is 11.3 Å². The smallest absolute Gasteiger partial charge is 0.278 e. The zero-order chi connectivity index (χ0) is 21.4. The highest BCUT2D eigenvalue weighted by atomic mass is 35.5. The van der Waals surface area contributed by atoms with Crippen molar-refractivity contribution in [1.29, 1.82) is 0 Å². The van der Waals surface area contributed by atoms with Crippen molar-refractivity contribution in [2.75, 3.05) is 32.1 Å². The van der Waals surface area contributed by atoms with Crippen LogP contribution in [0.3, 0.4) is 0 Å². The summed E-state index contributed by atoms with van der Waals surface area (Å²) in [7, 11) is 4.06. The molecule has 0 fully saturated rings. The number of amides is 1. The van der Waals surface area contributed by atoms with E-state index in [0.717, 1.165) is 34.4 Å². The molecule has 30 heavy (non-hydrogen) atoms. The van der Waals surface area contributed by atoms with Gasteiger partial charge in [-0.15, -0.1) is 0 Å². The van der Waals surface area contributed by atoms with Crippen LogP contribution in [0.2, 0.25) is 5.02 Å². The number of halogens is 1. The van der Waals surface area contributed by atoms with Crippen molar-refractivity contribution in [2.45, 2.75) is 20.3 Å². The number of carbonyl (C=O) groups is 1. The van der Waals surface area contributed by atoms with E-state index in [1.807, 2.05) is 68.9 Å². The van der Waals surface area contributed by atoms with E-state index in [2.05, 4.69) is 9.88 Å². The molecule has 0 N–H and O–H groups in total. The van der Waals surface area contributed by atoms with E-state index < -0.39 is 0 Å². The lowest BCUT2D eigenvalue weighted by molar-refractivity contribution is 0.0979. The highest BCUT2D eigenvalue weighted by Crippen LogP contribution is 2.36. The van der Waals surface area contributed by atoms with E-state index in [9.17, 15) is 4.79 Å². The van der Waals surface area contributed by atoms with Crippen LogP contribution in [0.15, 0.2) is 36.5 Å². The first-order valence-corrected chi connectivity index (χ1v) is 11.0. The summed E-state index contributed by atoms with van der Waals surface area (Å²) >= 11 is 7.88. The molecule has 0 aliphatic rings. The van der Waals surface area contributed by atoms with E-state index in [1.165, 1.54) is 11.3 Å². The van der Waals surface area contributed by atoms with Crippen molar-refractivity contribution >= 4 is 49.8 Å². The molecule has 0 saturated heterocycles. The molecule has 0 aliphatic carbocycles. The fourth-order valence-corrected chi connectivity index (χ4v) is 4.88. The van der Waals surface area contributed by atoms with E-state index >= 15 is 0 Å². The standard InChI is InChI=1S/C22H24ClN5OS/c1-14-9-10-16(23)20-18(14)25-22(30-20)28(13-7-11-26(3)4)21(29)19-15(2)24-17-8-5-6-12-27(17)19/h5-6,8-10,12H,7,11,13H2,1-4H3. The Morgan fingerprint density at radius 3 is 2.67 bits per heavy atom. The monoisotopic (exact) mass is 441 g/mol. The molecule has 0 spiro atoms. The van der Waals surface area contributed by atoms with Gasteiger partial charge in [-0.1, -0.05) is 35.1 Å². The minimum absolute atomic E-state index is 0.0993. The van der Waals surface area contributed by atoms with Gasteiger partial charge < -0.3 is 4.90 Å². The number of nitrogens with zero attached hydrogens (tertiary/aromatic N) is 5. The number of hydrogen-bond acceptors (Lipinski definition) is 5. The number of anilines is 1. The molecule has 3 heterocycles. The van der Waals surface area contributed by atoms with Crippen LogP contribution in [0.25, 0.3) is 15.9 Å². The number of pyridine rings is 1. The topological polar surface area (TPSA) is 53.7 Å². The van der Waals surface area contributed by atoms with E-state index in [-0.39, 0.29) is 5.91 Å². The number of hydrogen-bond donors (Lipinski definition) is 0. The van der Waals surface area contributed by atoms with Gasteiger partial charge in [-0.3, -0.25) is 14.1 Å². The first-order valence-electron chi connectivity index (χ1n) is 9.82. The third-order valence-electron chi connectivity index (χ3n) is 5.06. The van der Waals surface area contributed by atoms with Gasteiger partial charge in [0.2, 0.25) is 0 Å². The van der Waals surface area contributed by atoms with Crippen LogP contribution in [-0.4, -0.2) is 52.4 Å². The lowest BCUT2D eigenvalue weighted by Gasteiger charge is -2.21. The second kappa shape index (κ2) is 8.34. The zero-order valence-electron chi connectivity index (χ0n) is 17.5. The second-order valence-electron chi connectivity index (χ2n) is 7.63. The fourth-order valence-electron chi connectivity index (χ4n) is 3.53. The maximum absolute atomic E-state index is 13.7. The highest BCUT2D eigenvalue weighted by molar-refractivity contribution is 7.23. The summed E-state index contributed by atoms with van der Waals surface area (Å²) in [5.41, 5.74) is 3.93. The number of imidazole rings is 1. The lowest BCUT2D eigenvalue weighted by atomic mass is 10.2. The summed E-state index contributed by atoms with van der Waals surface area (Å²) in [6, 6.07) is 9.57. The van der Waals surface area contributed by atoms with Crippen molar-refractivity contribution in [3.8, 4) is 0 Å². The van der Waals surface area contributed by atoms with Crippen molar-refractivity contribution in [2.24, 2.45) is 0 Å². The summed E-state index contributed by atoms with van der Waals surface area (Å²) in [6.07, 6.45) is 2.71. The molecule has 0 radical (unpaired) electrons. The van der Waals surface area contributed by atoms with E-state index in [0.29, 0.717) is 28.1 Å². The Labute approximate surface area is 184 Å². The molecule has 156 valence electrons. The molecule has 0 atom stereocenters. The number of rotatable bonds is 6. The van der Waals surface area contributed by atoms with Gasteiger partial charge in [0.15, 0.2) is 5.13 Å². The van der Waals surface area contributed by atoms with Crippen LogP contribution in [0.4, 0.5) is 5.13 Å². The third-order valence-corrected chi connectivity index (χ3v) is 6.59. The maximum Gasteiger partial charge on any atom is 0.278 e. The van der Waals surface area contributed by atoms with Crippen LogP contribution in [0.1, 0.15) is 28.2 Å². The Morgan fingerprint density at radius 2 is 1.93 bits per heavy atom. The molecule has 0 saturated carbocycles. The van der Waals surface area contributed by atoms with Crippen molar-refractivity contribution < 1.29 is 4.79 Å². The Hall–Kier alpha value is -2.48. The van der Waals surface area contributed by atoms with E-state index in [1.54, 1.807) is 4.90 Å². The maximum atomic E-state index is 13.7. The first kappa shape index (κ1) is 20.8. The lowest BCUT2D eigenvalue weighted by Crippen LogP contribution is -2.34. The minimum atomic E-state index is -0.0993. The van der Waals surface area contributed by atoms with Gasteiger partial charge in [0.05, 0.1) is 20.9 Å². The fraction of sp³-hybridized carbons (Fsp3) is 0.318. The van der Waals surface area contributed by atoms with Crippen molar-refractivity contribution in [3.05, 3.63) is 58.5 Å². The van der Waals surface area contributed by atoms with Crippen molar-refractivity contribution in [1.82, 2.24) is 19.3 Å². The highest BCUT2D eigenvalue weighted by Gasteiger charge is 2.26. The average molecular weight is 442 g/mol. The molecule has 8 heteroatoms. The van der Waals surface area contributed by atoms with Crippen LogP contribution in [0.5, 0.6) is 0 Å². The molecule has 6 nitrogen and oxygen atoms in total. The molecule has 1 aromatic carbocycles. The predicted octanol–water partition coefficient (Wildman–Crippen LogP) is 4.81. The SMILES string of the molecule is Cc1nc2ccccn2c1C(=O)N(CCCN(C)C)c1nc2c(C)ccc(Cl)c2s1. The van der Waals surface area contributed by atoms with Crippen LogP contribution in [0, 0.1) is 13.8 Å². The number of benzene rings is 1. The number of fused-ring (bicyclic) bond motifs is 2. The number of thiazole rings is 1. The van der Waals surface area contributed by atoms with Crippen molar-refractivity contribution in [3.63, 3.8) is 0 Å². The molecule has 0 bridgehead atoms. The minimum Gasteiger partial charge on any atom is -0.309 e. The Bertz CT molecular complexity index is 1190. The molecular weight excluding hydrogens is 418 g/mol. The first-order chi connectivity index (χ1) is 14.4. The number of carbonyl (C=O) groups excluding carboxylic acids is 1. The third kappa shape index (κ3) is 3.80. The van der Waals surface area contributed by atoms with Gasteiger partial charge in [0.25, 0.3) is 5.91 Å². The molecule has 4 aromatic rings. The molecule has 3 aromatic heterocycles. The summed E-state index contributed by atoms with van der Waals surface area (Å²) in [5, 5.41) is 1.32. The molecule has 4 rings (SSSR count). The largest absolute Gasteiger partial charge is 0.309 e. The van der Waals surface area contributed by atoms with Crippen LogP contribution >= 0.6 is 22.9 Å². The summed E-state index contributed by atoms with van der Waals surface area (Å²) < 4.78 is 2.76. The van der Waals surface area contributed by atoms with Gasteiger partial charge in [-0.25, -0.2) is 9.97 Å². The number of aryl methyl sites for hydroxylation is 2. The summed E-state index contributed by atoms with van der Waals surface area (Å²) in [6.45, 7) is 5.32. The Morgan fingerprint density at radius 1 is 1.13 bits per heavy atom. The Kier molecular flexibility index (Phi) is 5.77. The van der Waals surface area contributed by atoms with Gasteiger partial charge in [0, 0.05) is 12.7 Å². The molecular formula is C22H24ClN5OS. The zero-order valence-corrected chi connectivity index (χ0v) is 19.1. The Balaban J connectivity index is 1.80. The normalized spacial score (nSPS) is 11.7. The average Bonchev–Trinajstić information content (AvgIpc) is 3.29. The quantitative estimate of drug-likeness (QED) is 0.430. The molecule has 0 aliphatic heterocycles. The second-order valence-corrected chi connectivity index (χ2v) is 9.01. The summed E-state index contributed by atoms with van der Waals surface area (Å²) in [4.78, 5) is 27.0. The van der Waals surface area contributed by atoms with Crippen LogP contribution in [-0.2, 0) is 0 Å². The molecule has 0 unspecified atom stereocenters. The number of aromatic nitrogens is 3.